The molecular formula is C26H38ClFN2O2. The van der Waals surface area contributed by atoms with E-state index < -0.39 is 0 Å². The quantitative estimate of drug-likeness (QED) is 0.289. The van der Waals surface area contributed by atoms with Crippen LogP contribution in [0, 0.1) is 5.82 Å². The Kier molecular flexibility index (Phi) is 12.5. The summed E-state index contributed by atoms with van der Waals surface area (Å²) in [6, 6.07) is 10.1. The molecule has 0 aliphatic heterocycles. The average Bonchev–Trinajstić information content (AvgIpc) is 2.80. The Hall–Kier alpha value is -1.82. The van der Waals surface area contributed by atoms with Crippen LogP contribution in [-0.2, 0) is 13.2 Å². The first-order valence-electron chi connectivity index (χ1n) is 11.7. The third kappa shape index (κ3) is 9.35. The summed E-state index contributed by atoms with van der Waals surface area (Å²) < 4.78 is 24.4. The standard InChI is InChI=1S/C26H38ClFN2O2/c1-4-6-14-30(15-7-5-2)16-8-13-29-19-22-17-24(27)26(25(18-22)31-3)32-20-21-9-11-23(28)12-10-21/h9-12,17-18,29H,4-8,13-16,19-20H2,1-3H3. The lowest BCUT2D eigenvalue weighted by atomic mass is 10.2. The Morgan fingerprint density at radius 1 is 0.938 bits per heavy atom. The van der Waals surface area contributed by atoms with E-state index in [2.05, 4.69) is 24.1 Å². The van der Waals surface area contributed by atoms with E-state index in [4.69, 9.17) is 21.1 Å². The van der Waals surface area contributed by atoms with Gasteiger partial charge < -0.3 is 19.7 Å². The maximum absolute atomic E-state index is 13.1. The fourth-order valence-corrected chi connectivity index (χ4v) is 3.80. The second-order valence-electron chi connectivity index (χ2n) is 8.10. The Morgan fingerprint density at radius 3 is 2.22 bits per heavy atom. The van der Waals surface area contributed by atoms with Crippen LogP contribution >= 0.6 is 11.6 Å². The van der Waals surface area contributed by atoms with Gasteiger partial charge in [-0.15, -0.1) is 0 Å². The van der Waals surface area contributed by atoms with Gasteiger partial charge in [0.2, 0.25) is 0 Å². The topological polar surface area (TPSA) is 33.7 Å². The van der Waals surface area contributed by atoms with Crippen LogP contribution in [0.3, 0.4) is 0 Å². The molecule has 2 aromatic carbocycles. The van der Waals surface area contributed by atoms with Crippen molar-refractivity contribution in [1.82, 2.24) is 10.2 Å². The maximum atomic E-state index is 13.1. The van der Waals surface area contributed by atoms with Gasteiger partial charge in [0.05, 0.1) is 12.1 Å². The third-order valence-corrected chi connectivity index (χ3v) is 5.68. The van der Waals surface area contributed by atoms with Gasteiger partial charge in [0, 0.05) is 6.54 Å². The van der Waals surface area contributed by atoms with Crippen LogP contribution in [0.15, 0.2) is 36.4 Å². The fourth-order valence-electron chi connectivity index (χ4n) is 3.51. The molecule has 4 nitrogen and oxygen atoms in total. The molecule has 0 bridgehead atoms. The van der Waals surface area contributed by atoms with Crippen molar-refractivity contribution in [2.45, 2.75) is 59.1 Å². The molecular weight excluding hydrogens is 427 g/mol. The minimum atomic E-state index is -0.268. The van der Waals surface area contributed by atoms with E-state index in [1.54, 1.807) is 19.2 Å². The van der Waals surface area contributed by atoms with Gasteiger partial charge in [-0.1, -0.05) is 50.4 Å². The molecule has 0 saturated heterocycles. The lowest BCUT2D eigenvalue weighted by Gasteiger charge is -2.22. The van der Waals surface area contributed by atoms with Gasteiger partial charge in [-0.25, -0.2) is 4.39 Å². The molecule has 0 heterocycles. The number of hydrogen-bond acceptors (Lipinski definition) is 4. The molecule has 0 aliphatic rings. The molecule has 0 unspecified atom stereocenters. The molecule has 0 atom stereocenters. The molecule has 1 N–H and O–H groups in total. The maximum Gasteiger partial charge on any atom is 0.180 e. The minimum absolute atomic E-state index is 0.268. The summed E-state index contributed by atoms with van der Waals surface area (Å²) in [4.78, 5) is 2.59. The van der Waals surface area contributed by atoms with Crippen molar-refractivity contribution >= 4 is 11.6 Å². The number of nitrogens with one attached hydrogen (secondary N) is 1. The van der Waals surface area contributed by atoms with Gasteiger partial charge in [-0.2, -0.15) is 0 Å². The summed E-state index contributed by atoms with van der Waals surface area (Å²) in [7, 11) is 1.61. The molecule has 0 aliphatic carbocycles. The Bertz CT molecular complexity index is 778. The van der Waals surface area contributed by atoms with E-state index in [-0.39, 0.29) is 5.82 Å². The van der Waals surface area contributed by atoms with Crippen molar-refractivity contribution in [1.29, 1.82) is 0 Å². The highest BCUT2D eigenvalue weighted by Crippen LogP contribution is 2.37. The number of unbranched alkanes of at least 4 members (excludes halogenated alkanes) is 2. The van der Waals surface area contributed by atoms with Crippen molar-refractivity contribution in [3.05, 3.63) is 58.4 Å². The van der Waals surface area contributed by atoms with Gasteiger partial charge in [0.1, 0.15) is 12.4 Å². The summed E-state index contributed by atoms with van der Waals surface area (Å²) in [5, 5.41) is 4.02. The Balaban J connectivity index is 1.83. The molecule has 0 amide bonds. The summed E-state index contributed by atoms with van der Waals surface area (Å²) in [5.41, 5.74) is 1.91. The number of ether oxygens (including phenoxy) is 2. The average molecular weight is 465 g/mol. The van der Waals surface area contributed by atoms with E-state index in [9.17, 15) is 4.39 Å². The highest BCUT2D eigenvalue weighted by Gasteiger charge is 2.13. The van der Waals surface area contributed by atoms with Crippen molar-refractivity contribution in [2.24, 2.45) is 0 Å². The molecule has 0 radical (unpaired) electrons. The number of nitrogens with zero attached hydrogens (tertiary/aromatic N) is 1. The molecule has 32 heavy (non-hydrogen) atoms. The Labute approximate surface area is 198 Å². The van der Waals surface area contributed by atoms with Crippen molar-refractivity contribution in [2.75, 3.05) is 33.3 Å². The van der Waals surface area contributed by atoms with Crippen LogP contribution in [0.5, 0.6) is 11.5 Å². The van der Waals surface area contributed by atoms with E-state index in [1.807, 2.05) is 12.1 Å². The smallest absolute Gasteiger partial charge is 0.180 e. The molecule has 6 heteroatoms. The van der Waals surface area contributed by atoms with Crippen LogP contribution in [0.2, 0.25) is 5.02 Å². The molecule has 2 aromatic rings. The van der Waals surface area contributed by atoms with Gasteiger partial charge >= 0.3 is 0 Å². The second-order valence-corrected chi connectivity index (χ2v) is 8.51. The van der Waals surface area contributed by atoms with Crippen LogP contribution in [0.4, 0.5) is 4.39 Å². The molecule has 0 saturated carbocycles. The van der Waals surface area contributed by atoms with Crippen LogP contribution in [0.1, 0.15) is 57.1 Å². The van der Waals surface area contributed by atoms with Gasteiger partial charge in [-0.3, -0.25) is 0 Å². The monoisotopic (exact) mass is 464 g/mol. The third-order valence-electron chi connectivity index (χ3n) is 5.40. The number of rotatable bonds is 16. The highest BCUT2D eigenvalue weighted by molar-refractivity contribution is 6.32. The Morgan fingerprint density at radius 2 is 1.59 bits per heavy atom. The van der Waals surface area contributed by atoms with E-state index in [1.165, 1.54) is 50.9 Å². The van der Waals surface area contributed by atoms with Gasteiger partial charge in [0.15, 0.2) is 11.5 Å². The zero-order valence-corrected chi connectivity index (χ0v) is 20.5. The fraction of sp³-hybridized carbons (Fsp3) is 0.538. The number of halogens is 2. The zero-order valence-electron chi connectivity index (χ0n) is 19.8. The highest BCUT2D eigenvalue weighted by atomic mass is 35.5. The van der Waals surface area contributed by atoms with Crippen LogP contribution in [-0.4, -0.2) is 38.2 Å². The molecule has 0 fully saturated rings. The first-order chi connectivity index (χ1) is 15.6. The lowest BCUT2D eigenvalue weighted by Crippen LogP contribution is -2.29. The predicted molar refractivity (Wildman–Crippen MR) is 131 cm³/mol. The zero-order chi connectivity index (χ0) is 23.2. The first kappa shape index (κ1) is 26.4. The van der Waals surface area contributed by atoms with Crippen molar-refractivity contribution < 1.29 is 13.9 Å². The number of hydrogen-bond donors (Lipinski definition) is 1. The van der Waals surface area contributed by atoms with E-state index in [0.717, 1.165) is 37.2 Å². The summed E-state index contributed by atoms with van der Waals surface area (Å²) in [5.74, 6) is 0.835. The van der Waals surface area contributed by atoms with Gasteiger partial charge in [-0.05, 0) is 80.8 Å². The van der Waals surface area contributed by atoms with E-state index in [0.29, 0.717) is 23.1 Å². The van der Waals surface area contributed by atoms with Crippen molar-refractivity contribution in [3.63, 3.8) is 0 Å². The summed E-state index contributed by atoms with van der Waals surface area (Å²) >= 11 is 6.48. The second kappa shape index (κ2) is 15.1. The van der Waals surface area contributed by atoms with Crippen LogP contribution < -0.4 is 14.8 Å². The van der Waals surface area contributed by atoms with E-state index >= 15 is 0 Å². The summed E-state index contributed by atoms with van der Waals surface area (Å²) in [6.07, 6.45) is 6.15. The SMILES string of the molecule is CCCCN(CCCC)CCCNCc1cc(Cl)c(OCc2ccc(F)cc2)c(OC)c1. The largest absolute Gasteiger partial charge is 0.493 e. The predicted octanol–water partition coefficient (Wildman–Crippen LogP) is 6.45. The molecule has 178 valence electrons. The summed E-state index contributed by atoms with van der Waals surface area (Å²) in [6.45, 7) is 9.99. The lowest BCUT2D eigenvalue weighted by molar-refractivity contribution is 0.261. The minimum Gasteiger partial charge on any atom is -0.493 e. The number of methoxy groups -OCH3 is 1. The molecule has 0 spiro atoms. The van der Waals surface area contributed by atoms with Crippen molar-refractivity contribution in [3.8, 4) is 11.5 Å². The normalized spacial score (nSPS) is 11.2. The number of benzene rings is 2. The molecule has 0 aromatic heterocycles. The molecule has 2 rings (SSSR count). The van der Waals surface area contributed by atoms with Crippen LogP contribution in [0.25, 0.3) is 0 Å². The first-order valence-corrected chi connectivity index (χ1v) is 12.1. The van der Waals surface area contributed by atoms with Gasteiger partial charge in [0.25, 0.3) is 0 Å².